The van der Waals surface area contributed by atoms with Crippen LogP contribution in [0, 0.1) is 3.57 Å². The number of rotatable bonds is 2. The van der Waals surface area contributed by atoms with E-state index in [1.165, 1.54) is 9.13 Å². The number of hydrogen-bond donors (Lipinski definition) is 0. The molecule has 0 unspecified atom stereocenters. The number of halogens is 1. The molecule has 1 heteroatoms. The monoisotopic (exact) mass is 258 g/mol. The van der Waals surface area contributed by atoms with Crippen LogP contribution in [0.3, 0.4) is 0 Å². The first kappa shape index (κ1) is 8.65. The highest BCUT2D eigenvalue weighted by molar-refractivity contribution is 14.2. The lowest BCUT2D eigenvalue weighted by molar-refractivity contribution is 1.60. The van der Waals surface area contributed by atoms with Crippen LogP contribution < -0.4 is 0 Å². The second-order valence-corrected chi connectivity index (χ2v) is 5.08. The van der Waals surface area contributed by atoms with Crippen molar-refractivity contribution in [1.29, 1.82) is 0 Å². The van der Waals surface area contributed by atoms with Gasteiger partial charge in [-0.1, -0.05) is 55.6 Å². The highest BCUT2D eigenvalue weighted by atomic mass is 127. The molecule has 0 nitrogen and oxygen atoms in total. The van der Waals surface area contributed by atoms with E-state index in [1.54, 1.807) is 0 Å². The van der Waals surface area contributed by atoms with Gasteiger partial charge in [-0.2, -0.15) is 0 Å². The Balaban J connectivity index is 3.11. The van der Waals surface area contributed by atoms with Crippen LogP contribution in [-0.4, -0.2) is 4.01 Å². The summed E-state index contributed by atoms with van der Waals surface area (Å²) in [5, 5.41) is 0. The number of benzene rings is 1. The molecule has 0 saturated heterocycles. The van der Waals surface area contributed by atoms with E-state index in [9.17, 15) is 0 Å². The maximum Gasteiger partial charge on any atom is 0.0146 e. The van der Waals surface area contributed by atoms with E-state index in [0.717, 1.165) is 0 Å². The summed E-state index contributed by atoms with van der Waals surface area (Å²) in [6.07, 6.45) is 1.93. The minimum absolute atomic E-state index is 0.106. The first-order valence-corrected chi connectivity index (χ1v) is 5.83. The average molecular weight is 258 g/mol. The van der Waals surface area contributed by atoms with Gasteiger partial charge in [0.1, 0.15) is 0 Å². The lowest BCUT2D eigenvalue weighted by atomic mass is 10.2. The summed E-state index contributed by atoms with van der Waals surface area (Å²) in [5.74, 6) is 0. The van der Waals surface area contributed by atoms with Crippen LogP contribution in [0.5, 0.6) is 0 Å². The molecular formula is C10H11I. The van der Waals surface area contributed by atoms with Gasteiger partial charge in [-0.15, -0.1) is 0 Å². The Morgan fingerprint density at radius 2 is 2.09 bits per heavy atom. The quantitative estimate of drug-likeness (QED) is 0.714. The molecule has 0 bridgehead atoms. The molecule has 0 aliphatic carbocycles. The van der Waals surface area contributed by atoms with Gasteiger partial charge in [0.05, 0.1) is 0 Å². The van der Waals surface area contributed by atoms with E-state index >= 15 is 0 Å². The van der Waals surface area contributed by atoms with Crippen molar-refractivity contribution in [3.63, 3.8) is 0 Å². The fraction of sp³-hybridized carbons (Fsp3) is 0.100. The third-order valence-corrected chi connectivity index (χ3v) is 3.63. The summed E-state index contributed by atoms with van der Waals surface area (Å²) >= 11 is 0.106. The third-order valence-electron chi connectivity index (χ3n) is 1.35. The maximum atomic E-state index is 3.78. The Morgan fingerprint density at radius 3 is 2.73 bits per heavy atom. The molecule has 58 valence electrons. The molecular weight excluding hydrogens is 247 g/mol. The van der Waals surface area contributed by atoms with Crippen LogP contribution in [0.15, 0.2) is 30.8 Å². The normalized spacial score (nSPS) is 11.0. The molecule has 1 aromatic rings. The largest absolute Gasteiger partial charge is 0.0984 e. The zero-order valence-corrected chi connectivity index (χ0v) is 8.71. The maximum absolute atomic E-state index is 3.78. The van der Waals surface area contributed by atoms with Crippen molar-refractivity contribution < 1.29 is 0 Å². The van der Waals surface area contributed by atoms with Crippen molar-refractivity contribution in [3.05, 3.63) is 40.0 Å². The summed E-state index contributed by atoms with van der Waals surface area (Å²) < 4.78 is 3.73. The van der Waals surface area contributed by atoms with E-state index in [0.29, 0.717) is 0 Å². The molecule has 0 aliphatic rings. The van der Waals surface area contributed by atoms with Crippen molar-refractivity contribution >= 4 is 30.8 Å². The summed E-state index contributed by atoms with van der Waals surface area (Å²) in [7, 11) is 0. The van der Waals surface area contributed by atoms with Crippen LogP contribution in [0.2, 0.25) is 0 Å². The zero-order chi connectivity index (χ0) is 8.10. The smallest absolute Gasteiger partial charge is 0.0146 e. The Kier molecular flexibility index (Phi) is 3.49. The van der Waals surface area contributed by atoms with Gasteiger partial charge in [0.15, 0.2) is 0 Å². The Bertz CT molecular complexity index is 274. The Labute approximate surface area is 77.7 Å². The third kappa shape index (κ3) is 2.26. The van der Waals surface area contributed by atoms with Crippen LogP contribution in [0.25, 0.3) is 6.08 Å². The molecule has 0 radical (unpaired) electrons. The molecule has 0 saturated carbocycles. The van der Waals surface area contributed by atoms with Gasteiger partial charge in [0.25, 0.3) is 0 Å². The van der Waals surface area contributed by atoms with Crippen molar-refractivity contribution in [3.8, 4) is 0 Å². The molecule has 11 heavy (non-hydrogen) atoms. The van der Waals surface area contributed by atoms with Crippen LogP contribution in [0.4, 0.5) is 0 Å². The zero-order valence-electron chi connectivity index (χ0n) is 6.55. The summed E-state index contributed by atoms with van der Waals surface area (Å²) in [6, 6.07) is 8.45. The van der Waals surface area contributed by atoms with E-state index < -0.39 is 0 Å². The van der Waals surface area contributed by atoms with Crippen LogP contribution in [0.1, 0.15) is 12.5 Å². The predicted octanol–water partition coefficient (Wildman–Crippen LogP) is 3.29. The number of hydrogen-bond acceptors (Lipinski definition) is 0. The van der Waals surface area contributed by atoms with E-state index in [-0.39, 0.29) is 20.7 Å². The molecule has 1 rings (SSSR count). The topological polar surface area (TPSA) is 0 Å². The SMILES string of the molecule is C=Cc1ccccc1I=CC. The van der Waals surface area contributed by atoms with Crippen molar-refractivity contribution in [2.75, 3.05) is 0 Å². The van der Waals surface area contributed by atoms with E-state index in [4.69, 9.17) is 0 Å². The lowest BCUT2D eigenvalue weighted by Gasteiger charge is -1.96. The fourth-order valence-electron chi connectivity index (χ4n) is 0.858. The molecule has 1 aromatic carbocycles. The lowest BCUT2D eigenvalue weighted by Crippen LogP contribution is -1.77. The predicted molar refractivity (Wildman–Crippen MR) is 61.0 cm³/mol. The molecule has 0 fully saturated rings. The standard InChI is InChI=1S/C10H11I/c1-3-9-7-5-6-8-10(9)11-4-2/h3-8H,1H2,2H3. The molecule has 0 aliphatic heterocycles. The molecule has 0 amide bonds. The van der Waals surface area contributed by atoms with Gasteiger partial charge in [0.2, 0.25) is 0 Å². The molecule has 0 N–H and O–H groups in total. The van der Waals surface area contributed by atoms with Crippen LogP contribution in [-0.2, 0) is 0 Å². The molecule has 0 heterocycles. The summed E-state index contributed by atoms with van der Waals surface area (Å²) in [4.78, 5) is 0. The summed E-state index contributed by atoms with van der Waals surface area (Å²) in [5.41, 5.74) is 1.29. The van der Waals surface area contributed by atoms with Crippen molar-refractivity contribution in [1.82, 2.24) is 0 Å². The van der Waals surface area contributed by atoms with Crippen molar-refractivity contribution in [2.45, 2.75) is 6.92 Å². The van der Waals surface area contributed by atoms with Gasteiger partial charge in [-0.05, 0) is 18.6 Å². The van der Waals surface area contributed by atoms with Crippen molar-refractivity contribution in [2.24, 2.45) is 0 Å². The minimum Gasteiger partial charge on any atom is -0.0984 e. The van der Waals surface area contributed by atoms with Gasteiger partial charge >= 0.3 is 0 Å². The first-order valence-electron chi connectivity index (χ1n) is 3.51. The minimum atomic E-state index is 0.106. The van der Waals surface area contributed by atoms with Gasteiger partial charge in [-0.3, -0.25) is 0 Å². The highest BCUT2D eigenvalue weighted by Gasteiger charge is 1.91. The van der Waals surface area contributed by atoms with Gasteiger partial charge in [0, 0.05) is 3.57 Å². The average Bonchev–Trinajstić information content (AvgIpc) is 2.06. The van der Waals surface area contributed by atoms with E-state index in [1.807, 2.05) is 6.08 Å². The molecule has 0 atom stereocenters. The fourth-order valence-corrected chi connectivity index (χ4v) is 2.70. The Hall–Kier alpha value is -0.440. The van der Waals surface area contributed by atoms with Gasteiger partial charge < -0.3 is 0 Å². The summed E-state index contributed by atoms with van der Waals surface area (Å²) in [6.45, 7) is 5.90. The molecule has 0 aromatic heterocycles. The first-order chi connectivity index (χ1) is 5.38. The molecule has 0 spiro atoms. The highest BCUT2D eigenvalue weighted by Crippen LogP contribution is 2.16. The van der Waals surface area contributed by atoms with E-state index in [2.05, 4.69) is 41.8 Å². The van der Waals surface area contributed by atoms with Crippen LogP contribution >= 0.6 is 20.7 Å². The second kappa shape index (κ2) is 4.44. The van der Waals surface area contributed by atoms with Gasteiger partial charge in [-0.25, -0.2) is 0 Å². The Morgan fingerprint density at radius 1 is 1.36 bits per heavy atom. The second-order valence-electron chi connectivity index (χ2n) is 2.05.